The van der Waals surface area contributed by atoms with E-state index >= 15 is 0 Å². The van der Waals surface area contributed by atoms with E-state index < -0.39 is 8.07 Å². The summed E-state index contributed by atoms with van der Waals surface area (Å²) >= 11 is 0. The summed E-state index contributed by atoms with van der Waals surface area (Å²) in [6.07, 6.45) is 8.82. The molecule has 27 heavy (non-hydrogen) atoms. The molecule has 0 amide bonds. The number of aryl methyl sites for hydroxylation is 2. The quantitative estimate of drug-likeness (QED) is 0.350. The van der Waals surface area contributed by atoms with Gasteiger partial charge in [0.25, 0.3) is 0 Å². The second-order valence-electron chi connectivity index (χ2n) is 7.77. The Hall–Kier alpha value is -0.530. The summed E-state index contributed by atoms with van der Waals surface area (Å²) in [6, 6.07) is 15.6. The van der Waals surface area contributed by atoms with Crippen molar-refractivity contribution in [3.05, 3.63) is 77.0 Å². The molecule has 3 aromatic rings. The maximum Gasteiger partial charge on any atom is 4.00 e. The van der Waals surface area contributed by atoms with Gasteiger partial charge in [-0.05, 0) is 13.8 Å². The fourth-order valence-corrected chi connectivity index (χ4v) is 4.43. The number of allylic oxidation sites excluding steroid dienone is 4. The molecule has 0 atom stereocenters. The zero-order valence-corrected chi connectivity index (χ0v) is 21.6. The molecular weight excluding hydrogens is 466 g/mol. The van der Waals surface area contributed by atoms with Crippen molar-refractivity contribution in [3.63, 3.8) is 0 Å². The number of rotatable bonds is 1. The summed E-state index contributed by atoms with van der Waals surface area (Å²) in [4.78, 5) is 0. The topological polar surface area (TPSA) is 0 Å². The molecule has 0 unspecified atom stereocenters. The van der Waals surface area contributed by atoms with E-state index in [0.717, 1.165) is 6.42 Å². The summed E-state index contributed by atoms with van der Waals surface area (Å²) in [5.41, 5.74) is 2.66. The molecular formula is C23H26Cl2SiZr. The van der Waals surface area contributed by atoms with Gasteiger partial charge in [0.1, 0.15) is 0 Å². The van der Waals surface area contributed by atoms with E-state index in [1.807, 2.05) is 0 Å². The Morgan fingerprint density at radius 3 is 1.67 bits per heavy atom. The van der Waals surface area contributed by atoms with Gasteiger partial charge in [-0.25, -0.2) is 11.3 Å². The van der Waals surface area contributed by atoms with Gasteiger partial charge in [-0.15, -0.1) is 46.2 Å². The van der Waals surface area contributed by atoms with E-state index in [-0.39, 0.29) is 51.0 Å². The summed E-state index contributed by atoms with van der Waals surface area (Å²) in [5, 5.41) is 6.94. The van der Waals surface area contributed by atoms with Crippen molar-refractivity contribution >= 4 is 29.6 Å². The van der Waals surface area contributed by atoms with Gasteiger partial charge < -0.3 is 24.8 Å². The average Bonchev–Trinajstić information content (AvgIpc) is 3.13. The Balaban J connectivity index is 0.000000498. The molecule has 1 aliphatic carbocycles. The van der Waals surface area contributed by atoms with Crippen LogP contribution >= 0.6 is 0 Å². The van der Waals surface area contributed by atoms with Crippen molar-refractivity contribution < 1.29 is 51.0 Å². The van der Waals surface area contributed by atoms with Gasteiger partial charge in [-0.1, -0.05) is 55.0 Å². The molecule has 4 heteroatoms. The minimum absolute atomic E-state index is 0. The molecule has 0 saturated heterocycles. The summed E-state index contributed by atoms with van der Waals surface area (Å²) in [6.45, 7) is 11.3. The first kappa shape index (κ1) is 26.5. The maximum absolute atomic E-state index is 3.36. The van der Waals surface area contributed by atoms with E-state index in [1.54, 1.807) is 0 Å². The Morgan fingerprint density at radius 1 is 0.852 bits per heavy atom. The van der Waals surface area contributed by atoms with Crippen LogP contribution in [0.4, 0.5) is 0 Å². The molecule has 1 aliphatic rings. The van der Waals surface area contributed by atoms with Crippen molar-refractivity contribution in [2.45, 2.75) is 39.9 Å². The molecule has 0 spiro atoms. The van der Waals surface area contributed by atoms with Gasteiger partial charge in [0.15, 0.2) is 0 Å². The zero-order chi connectivity index (χ0) is 17.3. The van der Waals surface area contributed by atoms with Crippen LogP contribution in [0.3, 0.4) is 0 Å². The largest absolute Gasteiger partial charge is 4.00 e. The van der Waals surface area contributed by atoms with Crippen molar-refractivity contribution in [2.24, 2.45) is 0 Å². The smallest absolute Gasteiger partial charge is 1.00 e. The van der Waals surface area contributed by atoms with Crippen LogP contribution in [0.1, 0.15) is 17.5 Å². The number of benzene rings is 2. The average molecular weight is 493 g/mol. The van der Waals surface area contributed by atoms with Crippen molar-refractivity contribution in [3.8, 4) is 0 Å². The second kappa shape index (κ2) is 10.9. The van der Waals surface area contributed by atoms with Crippen LogP contribution in [-0.4, -0.2) is 8.07 Å². The zero-order valence-electron chi connectivity index (χ0n) is 16.7. The number of hydrogen-bond donors (Lipinski definition) is 0. The molecule has 4 rings (SSSR count). The third-order valence-corrected chi connectivity index (χ3v) is 6.48. The number of halogens is 2. The third-order valence-electron chi connectivity index (χ3n) is 4.52. The molecule has 0 aromatic heterocycles. The maximum atomic E-state index is 3.36. The number of hydrogen-bond acceptors (Lipinski definition) is 0. The van der Waals surface area contributed by atoms with E-state index in [1.165, 1.54) is 37.9 Å². The summed E-state index contributed by atoms with van der Waals surface area (Å²) in [7, 11) is -1.01. The Morgan fingerprint density at radius 2 is 1.33 bits per heavy atom. The van der Waals surface area contributed by atoms with Crippen LogP contribution in [0.25, 0.3) is 21.5 Å². The SMILES string of the molecule is C[Si](C)(C)C1=[C-]CC=C1.Cc1ccc2c(c1)[cH-]c1cc(C)ccc12.[Cl-].[Cl-].[Zr+4]. The van der Waals surface area contributed by atoms with Crippen LogP contribution in [0.5, 0.6) is 0 Å². The molecule has 3 aromatic carbocycles. The van der Waals surface area contributed by atoms with Gasteiger partial charge >= 0.3 is 26.2 Å². The molecule has 0 saturated carbocycles. The van der Waals surface area contributed by atoms with Gasteiger partial charge in [-0.2, -0.15) is 6.08 Å². The van der Waals surface area contributed by atoms with E-state index in [9.17, 15) is 0 Å². The van der Waals surface area contributed by atoms with E-state index in [4.69, 9.17) is 0 Å². The minimum Gasteiger partial charge on any atom is -1.00 e. The first-order valence-electron chi connectivity index (χ1n) is 8.69. The van der Waals surface area contributed by atoms with Crippen LogP contribution in [0.15, 0.2) is 59.8 Å². The van der Waals surface area contributed by atoms with Crippen molar-refractivity contribution in [1.82, 2.24) is 0 Å². The molecule has 0 nitrogen and oxygen atoms in total. The van der Waals surface area contributed by atoms with Gasteiger partial charge in [0, 0.05) is 8.07 Å². The third kappa shape index (κ3) is 6.50. The molecule has 0 bridgehead atoms. The molecule has 0 heterocycles. The van der Waals surface area contributed by atoms with Gasteiger partial charge in [0.05, 0.1) is 0 Å². The number of fused-ring (bicyclic) bond motifs is 3. The second-order valence-corrected chi connectivity index (χ2v) is 12.8. The van der Waals surface area contributed by atoms with E-state index in [2.05, 4.69) is 94.2 Å². The molecule has 0 N–H and O–H groups in total. The monoisotopic (exact) mass is 490 g/mol. The van der Waals surface area contributed by atoms with Crippen molar-refractivity contribution in [1.29, 1.82) is 0 Å². The predicted octanol–water partition coefficient (Wildman–Crippen LogP) is 0.888. The Labute approximate surface area is 196 Å². The van der Waals surface area contributed by atoms with Crippen LogP contribution < -0.4 is 24.8 Å². The molecule has 0 radical (unpaired) electrons. The Bertz CT molecular complexity index is 890. The van der Waals surface area contributed by atoms with Crippen LogP contribution in [-0.2, 0) is 26.2 Å². The minimum atomic E-state index is -1.01. The van der Waals surface area contributed by atoms with Crippen LogP contribution in [0, 0.1) is 19.9 Å². The standard InChI is InChI=1S/C15H13.C8H13Si.2ClH.Zr/c1-10-3-5-14-12(7-10)9-13-8-11(2)4-6-15(13)14;1-9(2,3)8-6-4-5-7-8;;;/h3-9H,1-2H3;4,6H,5H2,1-3H3;2*1H;/q2*-1;;;+4/p-2. The van der Waals surface area contributed by atoms with Crippen LogP contribution in [0.2, 0.25) is 19.6 Å². The first-order valence-corrected chi connectivity index (χ1v) is 12.2. The molecule has 140 valence electrons. The fraction of sp³-hybridized carbons (Fsp3) is 0.261. The normalized spacial score (nSPS) is 12.4. The Kier molecular flexibility index (Phi) is 10.6. The fourth-order valence-electron chi connectivity index (χ4n) is 3.18. The molecule has 0 aliphatic heterocycles. The van der Waals surface area contributed by atoms with Crippen molar-refractivity contribution in [2.75, 3.05) is 0 Å². The summed E-state index contributed by atoms with van der Waals surface area (Å²) in [5.74, 6) is 0. The summed E-state index contributed by atoms with van der Waals surface area (Å²) < 4.78 is 0. The van der Waals surface area contributed by atoms with Gasteiger partial charge in [0.2, 0.25) is 0 Å². The van der Waals surface area contributed by atoms with Gasteiger partial charge in [-0.3, -0.25) is 6.08 Å². The first-order chi connectivity index (χ1) is 11.3. The predicted molar refractivity (Wildman–Crippen MR) is 110 cm³/mol. The van der Waals surface area contributed by atoms with E-state index in [0.29, 0.717) is 0 Å². The molecule has 0 fully saturated rings.